The lowest BCUT2D eigenvalue weighted by Crippen LogP contribution is -2.10. The highest BCUT2D eigenvalue weighted by molar-refractivity contribution is 9.10. The first-order valence-electron chi connectivity index (χ1n) is 5.79. The predicted octanol–water partition coefficient (Wildman–Crippen LogP) is 3.14. The molecule has 0 aliphatic rings. The molecule has 1 aromatic carbocycles. The molecule has 0 saturated carbocycles. The molecule has 1 heterocycles. The van der Waals surface area contributed by atoms with Crippen LogP contribution in [-0.2, 0) is 6.42 Å². The van der Waals surface area contributed by atoms with E-state index in [9.17, 15) is 4.79 Å². The maximum Gasteiger partial charge on any atom is 0.339 e. The Balaban J connectivity index is 2.32. The molecule has 0 amide bonds. The minimum atomic E-state index is -0.981. The molecule has 0 unspecified atom stereocenters. The van der Waals surface area contributed by atoms with Crippen LogP contribution < -0.4 is 0 Å². The van der Waals surface area contributed by atoms with Crippen molar-refractivity contribution < 1.29 is 9.90 Å². The molecule has 0 aliphatic heterocycles. The first kappa shape index (κ1) is 13.7. The van der Waals surface area contributed by atoms with E-state index in [2.05, 4.69) is 25.9 Å². The second-order valence-electron chi connectivity index (χ2n) is 4.29. The third-order valence-corrected chi connectivity index (χ3v) is 3.34. The number of hydrogen-bond acceptors (Lipinski definition) is 3. The van der Waals surface area contributed by atoms with Crippen LogP contribution in [0.15, 0.2) is 28.7 Å². The van der Waals surface area contributed by atoms with Gasteiger partial charge in [0.1, 0.15) is 11.4 Å². The number of aromatic nitrogens is 2. The van der Waals surface area contributed by atoms with Crippen molar-refractivity contribution in [2.24, 2.45) is 0 Å². The van der Waals surface area contributed by atoms with E-state index in [1.54, 1.807) is 13.8 Å². The van der Waals surface area contributed by atoms with Gasteiger partial charge in [-0.1, -0.05) is 28.1 Å². The maximum atomic E-state index is 11.1. The fraction of sp³-hybridized carbons (Fsp3) is 0.214. The van der Waals surface area contributed by atoms with Crippen LogP contribution in [0.2, 0.25) is 0 Å². The van der Waals surface area contributed by atoms with Gasteiger partial charge in [0.2, 0.25) is 0 Å². The summed E-state index contributed by atoms with van der Waals surface area (Å²) in [6.07, 6.45) is 0.592. The van der Waals surface area contributed by atoms with Crippen LogP contribution in [-0.4, -0.2) is 21.0 Å². The van der Waals surface area contributed by atoms with Gasteiger partial charge in [-0.3, -0.25) is 0 Å². The molecule has 5 heteroatoms. The molecule has 0 radical (unpaired) electrons. The Bertz CT molecular complexity index is 601. The Kier molecular flexibility index (Phi) is 3.95. The van der Waals surface area contributed by atoms with Crippen LogP contribution >= 0.6 is 15.9 Å². The first-order valence-corrected chi connectivity index (χ1v) is 6.58. The fourth-order valence-corrected chi connectivity index (χ4v) is 2.22. The van der Waals surface area contributed by atoms with E-state index in [0.717, 1.165) is 10.0 Å². The van der Waals surface area contributed by atoms with Crippen LogP contribution in [0.3, 0.4) is 0 Å². The molecular weight excluding hydrogens is 308 g/mol. The molecule has 0 atom stereocenters. The molecule has 19 heavy (non-hydrogen) atoms. The summed E-state index contributed by atoms with van der Waals surface area (Å²) in [5.74, 6) is -0.340. The summed E-state index contributed by atoms with van der Waals surface area (Å²) in [4.78, 5) is 19.6. The van der Waals surface area contributed by atoms with Gasteiger partial charge < -0.3 is 5.11 Å². The molecule has 4 nitrogen and oxygen atoms in total. The van der Waals surface area contributed by atoms with E-state index in [4.69, 9.17) is 5.11 Å². The Morgan fingerprint density at radius 1 is 1.16 bits per heavy atom. The number of carbonyl (C=O) groups is 1. The molecule has 0 bridgehead atoms. The number of carboxylic acid groups (broad SMARTS) is 1. The van der Waals surface area contributed by atoms with E-state index < -0.39 is 5.97 Å². The summed E-state index contributed by atoms with van der Waals surface area (Å²) >= 11 is 3.38. The molecule has 0 spiro atoms. The highest BCUT2D eigenvalue weighted by Gasteiger charge is 2.14. The summed E-state index contributed by atoms with van der Waals surface area (Å²) in [7, 11) is 0. The van der Waals surface area contributed by atoms with Gasteiger partial charge in [-0.2, -0.15) is 0 Å². The highest BCUT2D eigenvalue weighted by atomic mass is 79.9. The summed E-state index contributed by atoms with van der Waals surface area (Å²) < 4.78 is 1.02. The first-order chi connectivity index (χ1) is 8.97. The van der Waals surface area contributed by atoms with Gasteiger partial charge in [0.15, 0.2) is 0 Å². The molecule has 2 rings (SSSR count). The largest absolute Gasteiger partial charge is 0.478 e. The van der Waals surface area contributed by atoms with Crippen molar-refractivity contribution in [2.75, 3.05) is 0 Å². The number of halogens is 1. The lowest BCUT2D eigenvalue weighted by Gasteiger charge is -2.07. The van der Waals surface area contributed by atoms with E-state index in [1.165, 1.54) is 0 Å². The van der Waals surface area contributed by atoms with E-state index in [-0.39, 0.29) is 5.56 Å². The van der Waals surface area contributed by atoms with Gasteiger partial charge >= 0.3 is 5.97 Å². The molecular formula is C14H13BrN2O2. The Hall–Kier alpha value is -1.75. The van der Waals surface area contributed by atoms with Crippen LogP contribution in [0.1, 0.15) is 33.1 Å². The van der Waals surface area contributed by atoms with Gasteiger partial charge in [-0.15, -0.1) is 0 Å². The zero-order valence-corrected chi connectivity index (χ0v) is 12.2. The monoisotopic (exact) mass is 320 g/mol. The molecule has 0 saturated heterocycles. The summed E-state index contributed by atoms with van der Waals surface area (Å²) in [5, 5.41) is 9.07. The van der Waals surface area contributed by atoms with Gasteiger partial charge in [0.25, 0.3) is 0 Å². The summed E-state index contributed by atoms with van der Waals surface area (Å²) in [6.45, 7) is 3.40. The van der Waals surface area contributed by atoms with E-state index >= 15 is 0 Å². The molecule has 98 valence electrons. The molecule has 0 aliphatic carbocycles. The lowest BCUT2D eigenvalue weighted by molar-refractivity contribution is 0.0694. The quantitative estimate of drug-likeness (QED) is 0.943. The number of nitrogens with zero attached hydrogens (tertiary/aromatic N) is 2. The van der Waals surface area contributed by atoms with Crippen molar-refractivity contribution in [3.05, 3.63) is 57.1 Å². The predicted molar refractivity (Wildman–Crippen MR) is 75.4 cm³/mol. The third kappa shape index (κ3) is 3.17. The van der Waals surface area contributed by atoms with Crippen molar-refractivity contribution in [3.63, 3.8) is 0 Å². The van der Waals surface area contributed by atoms with Crippen molar-refractivity contribution in [3.8, 4) is 0 Å². The average Bonchev–Trinajstić information content (AvgIpc) is 2.30. The van der Waals surface area contributed by atoms with Crippen molar-refractivity contribution >= 4 is 21.9 Å². The normalized spacial score (nSPS) is 10.5. The second-order valence-corrected chi connectivity index (χ2v) is 5.21. The lowest BCUT2D eigenvalue weighted by atomic mass is 10.1. The Labute approximate surface area is 119 Å². The number of aromatic carboxylic acids is 1. The van der Waals surface area contributed by atoms with Gasteiger partial charge in [-0.25, -0.2) is 14.8 Å². The summed E-state index contributed by atoms with van der Waals surface area (Å²) in [5.41, 5.74) is 2.30. The second kappa shape index (κ2) is 5.48. The number of aryl methyl sites for hydroxylation is 2. The smallest absolute Gasteiger partial charge is 0.339 e. The zero-order chi connectivity index (χ0) is 14.0. The third-order valence-electron chi connectivity index (χ3n) is 2.81. The molecule has 2 aromatic rings. The minimum absolute atomic E-state index is 0.194. The highest BCUT2D eigenvalue weighted by Crippen LogP contribution is 2.15. The average molecular weight is 321 g/mol. The standard InChI is InChI=1S/C14H13BrN2O2/c1-8-13(14(18)19)9(2)17-12(16-8)7-10-3-5-11(15)6-4-10/h3-6H,7H2,1-2H3,(H,18,19). The van der Waals surface area contributed by atoms with Crippen molar-refractivity contribution in [2.45, 2.75) is 20.3 Å². The zero-order valence-electron chi connectivity index (χ0n) is 10.6. The van der Waals surface area contributed by atoms with Gasteiger partial charge in [-0.05, 0) is 31.5 Å². The fourth-order valence-electron chi connectivity index (χ4n) is 1.96. The topological polar surface area (TPSA) is 63.1 Å². The minimum Gasteiger partial charge on any atom is -0.478 e. The van der Waals surface area contributed by atoms with Crippen LogP contribution in [0.4, 0.5) is 0 Å². The summed E-state index contributed by atoms with van der Waals surface area (Å²) in [6, 6.07) is 7.90. The number of hydrogen-bond donors (Lipinski definition) is 1. The van der Waals surface area contributed by atoms with Crippen molar-refractivity contribution in [1.82, 2.24) is 9.97 Å². The SMILES string of the molecule is Cc1nc(Cc2ccc(Br)cc2)nc(C)c1C(=O)O. The van der Waals surface area contributed by atoms with Crippen LogP contribution in [0, 0.1) is 13.8 Å². The number of rotatable bonds is 3. The molecule has 1 N–H and O–H groups in total. The molecule has 0 fully saturated rings. The maximum absolute atomic E-state index is 11.1. The number of benzene rings is 1. The number of carboxylic acids is 1. The van der Waals surface area contributed by atoms with E-state index in [1.807, 2.05) is 24.3 Å². The van der Waals surface area contributed by atoms with Gasteiger partial charge in [0, 0.05) is 10.9 Å². The Morgan fingerprint density at radius 2 is 1.68 bits per heavy atom. The Morgan fingerprint density at radius 3 is 2.16 bits per heavy atom. The van der Waals surface area contributed by atoms with Crippen LogP contribution in [0.5, 0.6) is 0 Å². The van der Waals surface area contributed by atoms with Crippen LogP contribution in [0.25, 0.3) is 0 Å². The van der Waals surface area contributed by atoms with E-state index in [0.29, 0.717) is 23.6 Å². The molecule has 1 aromatic heterocycles. The van der Waals surface area contributed by atoms with Gasteiger partial charge in [0.05, 0.1) is 11.4 Å². The van der Waals surface area contributed by atoms with Crippen molar-refractivity contribution in [1.29, 1.82) is 0 Å².